The molecule has 0 N–H and O–H groups in total. The molecular weight excluding hydrogens is 364 g/mol. The van der Waals surface area contributed by atoms with Crippen LogP contribution in [0.4, 0.5) is 0 Å². The number of rotatable bonds is 0. The number of benzene rings is 3. The van der Waals surface area contributed by atoms with Gasteiger partial charge in [-0.3, -0.25) is 0 Å². The number of hydrogen-bond donors (Lipinski definition) is 0. The molecule has 0 spiro atoms. The predicted octanol–water partition coefficient (Wildman–Crippen LogP) is 6.82. The molecule has 2 aliphatic rings. The highest BCUT2D eigenvalue weighted by Gasteiger charge is 2.19. The summed E-state index contributed by atoms with van der Waals surface area (Å²) in [5.41, 5.74) is 2.82. The summed E-state index contributed by atoms with van der Waals surface area (Å²) in [4.78, 5) is 1.41. The Balaban J connectivity index is 2.01. The topological polar surface area (TPSA) is 0 Å². The molecule has 0 amide bonds. The lowest BCUT2D eigenvalue weighted by molar-refractivity contribution is 1.39. The van der Waals surface area contributed by atoms with Gasteiger partial charge in [0.05, 0.1) is 0 Å². The van der Waals surface area contributed by atoms with Crippen molar-refractivity contribution in [2.45, 2.75) is 20.8 Å². The monoisotopic (exact) mass is 380 g/mol. The Morgan fingerprint density at radius 1 is 0.630 bits per heavy atom. The van der Waals surface area contributed by atoms with E-state index in [9.17, 15) is 0 Å². The van der Waals surface area contributed by atoms with Crippen molar-refractivity contribution < 1.29 is 0 Å². The van der Waals surface area contributed by atoms with E-state index in [2.05, 4.69) is 63.2 Å². The van der Waals surface area contributed by atoms with Gasteiger partial charge in [-0.25, -0.2) is 0 Å². The molecule has 0 atom stereocenters. The van der Waals surface area contributed by atoms with Gasteiger partial charge in [0.25, 0.3) is 0 Å². The van der Waals surface area contributed by atoms with Crippen LogP contribution in [0.2, 0.25) is 0 Å². The number of thiophene rings is 2. The van der Waals surface area contributed by atoms with E-state index in [4.69, 9.17) is 0 Å². The van der Waals surface area contributed by atoms with E-state index in [1.807, 2.05) is 22.7 Å². The van der Waals surface area contributed by atoms with Crippen LogP contribution in [-0.4, -0.2) is 0 Å². The van der Waals surface area contributed by atoms with Gasteiger partial charge in [0.2, 0.25) is 0 Å². The molecule has 2 aromatic heterocycles. The smallest absolute Gasteiger partial charge is 0.0443 e. The largest absolute Gasteiger partial charge is 0.140 e. The molecular formula is C25H16S2. The molecule has 0 fully saturated rings. The lowest BCUT2D eigenvalue weighted by atomic mass is 9.99. The molecule has 0 unspecified atom stereocenters. The quantitative estimate of drug-likeness (QED) is 0.271. The van der Waals surface area contributed by atoms with Gasteiger partial charge < -0.3 is 0 Å². The van der Waals surface area contributed by atoms with E-state index in [1.54, 1.807) is 0 Å². The van der Waals surface area contributed by atoms with Gasteiger partial charge in [0.1, 0.15) is 0 Å². The maximum absolute atomic E-state index is 2.46. The van der Waals surface area contributed by atoms with E-state index in [-0.39, 0.29) is 0 Å². The third-order valence-corrected chi connectivity index (χ3v) is 8.53. The summed E-state index contributed by atoms with van der Waals surface area (Å²) in [5, 5.41) is 13.2. The van der Waals surface area contributed by atoms with Crippen LogP contribution in [-0.2, 0) is 0 Å². The summed E-state index contributed by atoms with van der Waals surface area (Å²) in [6.45, 7) is 6.82. The number of aryl methyl sites for hydroxylation is 3. The molecule has 27 heavy (non-hydrogen) atoms. The van der Waals surface area contributed by atoms with Crippen LogP contribution < -0.4 is 0 Å². The molecule has 5 aromatic rings. The molecule has 0 aliphatic heterocycles. The molecule has 2 aliphatic carbocycles. The summed E-state index contributed by atoms with van der Waals surface area (Å²) in [7, 11) is 0. The SMILES string of the molecule is Cc1cc2c(s1)=c1cc(C)c3c4c(cc(C)c=2c14)=c1c=3sc2ccccc12. The Hall–Kier alpha value is -2.42. The average molecular weight is 381 g/mol. The Morgan fingerprint density at radius 2 is 1.37 bits per heavy atom. The van der Waals surface area contributed by atoms with Crippen molar-refractivity contribution in [3.63, 3.8) is 0 Å². The number of fused-ring (bicyclic) bond motifs is 4. The lowest BCUT2D eigenvalue weighted by Crippen LogP contribution is -1.87. The second-order valence-electron chi connectivity index (χ2n) is 7.88. The van der Waals surface area contributed by atoms with E-state index < -0.39 is 0 Å². The third-order valence-electron chi connectivity index (χ3n) is 6.26. The Labute approximate surface area is 163 Å². The first-order chi connectivity index (χ1) is 13.1. The molecule has 3 aromatic carbocycles. The molecule has 0 saturated heterocycles. The van der Waals surface area contributed by atoms with Crippen molar-refractivity contribution in [1.82, 2.24) is 0 Å². The van der Waals surface area contributed by atoms with Crippen LogP contribution in [0.3, 0.4) is 0 Å². The van der Waals surface area contributed by atoms with Crippen LogP contribution in [0.5, 0.6) is 0 Å². The van der Waals surface area contributed by atoms with E-state index in [0.717, 1.165) is 0 Å². The zero-order chi connectivity index (χ0) is 18.0. The fourth-order valence-electron chi connectivity index (χ4n) is 5.31. The van der Waals surface area contributed by atoms with Crippen molar-refractivity contribution in [1.29, 1.82) is 0 Å². The normalized spacial score (nSPS) is 13.0. The summed E-state index contributed by atoms with van der Waals surface area (Å²) in [6.07, 6.45) is 0. The van der Waals surface area contributed by atoms with Gasteiger partial charge in [-0.05, 0) is 71.3 Å². The fraction of sp³-hybridized carbons (Fsp3) is 0.120. The highest BCUT2D eigenvalue weighted by atomic mass is 32.1. The maximum atomic E-state index is 2.46. The maximum Gasteiger partial charge on any atom is 0.0443 e. The van der Waals surface area contributed by atoms with Gasteiger partial charge in [-0.15, -0.1) is 22.7 Å². The van der Waals surface area contributed by atoms with Crippen molar-refractivity contribution in [3.05, 3.63) is 98.8 Å². The summed E-state index contributed by atoms with van der Waals surface area (Å²) in [6, 6.07) is 16.2. The minimum atomic E-state index is 1.40. The predicted molar refractivity (Wildman–Crippen MR) is 115 cm³/mol. The van der Waals surface area contributed by atoms with E-state index in [1.165, 1.54) is 77.2 Å². The lowest BCUT2D eigenvalue weighted by Gasteiger charge is -2.05. The van der Waals surface area contributed by atoms with Crippen molar-refractivity contribution in [3.8, 4) is 0 Å². The molecule has 2 heterocycles. The molecule has 2 heteroatoms. The summed E-state index contributed by atoms with van der Waals surface area (Å²) >= 11 is 3.91. The van der Waals surface area contributed by atoms with E-state index >= 15 is 0 Å². The fourth-order valence-corrected chi connectivity index (χ4v) is 7.68. The third kappa shape index (κ3) is 1.54. The molecule has 7 rings (SSSR count). The van der Waals surface area contributed by atoms with Crippen molar-refractivity contribution in [2.24, 2.45) is 0 Å². The van der Waals surface area contributed by atoms with Gasteiger partial charge in [-0.2, -0.15) is 0 Å². The first kappa shape index (κ1) is 14.6. The van der Waals surface area contributed by atoms with Crippen LogP contribution in [0.1, 0.15) is 16.0 Å². The summed E-state index contributed by atoms with van der Waals surface area (Å²) in [5.74, 6) is 0. The Morgan fingerprint density at radius 3 is 2.26 bits per heavy atom. The zero-order valence-corrected chi connectivity index (χ0v) is 17.0. The number of hydrogen-bond acceptors (Lipinski definition) is 2. The molecule has 128 valence electrons. The van der Waals surface area contributed by atoms with Crippen LogP contribution in [0.15, 0.2) is 42.5 Å². The highest BCUT2D eigenvalue weighted by molar-refractivity contribution is 7.17. The molecule has 0 nitrogen and oxygen atoms in total. The molecule has 0 bridgehead atoms. The van der Waals surface area contributed by atoms with Crippen molar-refractivity contribution >= 4 is 43.5 Å². The Kier molecular flexibility index (Phi) is 2.45. The minimum Gasteiger partial charge on any atom is -0.140 e. The first-order valence-corrected chi connectivity index (χ1v) is 11.0. The second kappa shape index (κ2) is 4.52. The van der Waals surface area contributed by atoms with Crippen LogP contribution >= 0.6 is 22.7 Å². The minimum absolute atomic E-state index is 1.40. The van der Waals surface area contributed by atoms with Crippen molar-refractivity contribution in [2.75, 3.05) is 0 Å². The van der Waals surface area contributed by atoms with Crippen LogP contribution in [0.25, 0.3) is 20.9 Å². The summed E-state index contributed by atoms with van der Waals surface area (Å²) < 4.78 is 4.34. The van der Waals surface area contributed by atoms with E-state index in [0.29, 0.717) is 0 Å². The Bertz CT molecular complexity index is 1900. The second-order valence-corrected chi connectivity index (χ2v) is 10.2. The highest BCUT2D eigenvalue weighted by Crippen LogP contribution is 2.38. The van der Waals surface area contributed by atoms with Gasteiger partial charge in [0.15, 0.2) is 0 Å². The standard InChI is InChI=1S/C25H16S2/c1-11-8-15-21-14-6-4-5-7-18(14)27-25(21)20-12(2)9-16-23(22(15)20)19(11)17-10-13(3)26-24(16)17/h4-10H,1-3H3. The average Bonchev–Trinajstić information content (AvgIpc) is 3.34. The van der Waals surface area contributed by atoms with Crippen LogP contribution in [0, 0.1) is 61.1 Å². The first-order valence-electron chi connectivity index (χ1n) is 9.38. The molecule has 0 saturated carbocycles. The molecule has 0 radical (unpaired) electrons. The van der Waals surface area contributed by atoms with Gasteiger partial charge in [0, 0.05) is 44.9 Å². The zero-order valence-electron chi connectivity index (χ0n) is 15.4. The van der Waals surface area contributed by atoms with Gasteiger partial charge in [-0.1, -0.05) is 24.3 Å². The van der Waals surface area contributed by atoms with Gasteiger partial charge >= 0.3 is 0 Å².